The first kappa shape index (κ1) is 21.9. The monoisotopic (exact) mass is 445 g/mol. The molecule has 0 unspecified atom stereocenters. The third-order valence-electron chi connectivity index (χ3n) is 4.97. The summed E-state index contributed by atoms with van der Waals surface area (Å²) in [6.07, 6.45) is 2.11. The summed E-state index contributed by atoms with van der Waals surface area (Å²) in [5, 5.41) is 7.30. The van der Waals surface area contributed by atoms with Gasteiger partial charge in [0.25, 0.3) is 5.91 Å². The first-order valence-electron chi connectivity index (χ1n) is 10.4. The van der Waals surface area contributed by atoms with Crippen molar-refractivity contribution in [1.29, 1.82) is 0 Å². The van der Waals surface area contributed by atoms with Crippen LogP contribution >= 0.6 is 0 Å². The summed E-state index contributed by atoms with van der Waals surface area (Å²) in [4.78, 5) is 25.5. The second-order valence-corrected chi connectivity index (χ2v) is 7.25. The highest BCUT2D eigenvalue weighted by molar-refractivity contribution is 5.97. The van der Waals surface area contributed by atoms with Crippen molar-refractivity contribution in [2.24, 2.45) is 0 Å². The molecule has 33 heavy (non-hydrogen) atoms. The van der Waals surface area contributed by atoms with Crippen LogP contribution in [0.15, 0.2) is 83.6 Å². The van der Waals surface area contributed by atoms with Crippen LogP contribution in [0.3, 0.4) is 0 Å². The average Bonchev–Trinajstić information content (AvgIpc) is 3.53. The number of methoxy groups -OCH3 is 1. The molecule has 1 amide bonds. The van der Waals surface area contributed by atoms with E-state index in [0.29, 0.717) is 22.8 Å². The zero-order valence-corrected chi connectivity index (χ0v) is 18.2. The zero-order chi connectivity index (χ0) is 23.2. The molecule has 0 aliphatic carbocycles. The lowest BCUT2D eigenvalue weighted by Gasteiger charge is -2.13. The SMILES string of the molecule is COc1cccc(-c2nn(-c3ccccc3)cc2C(=O)O[C@@H](C)C(=O)NCc2ccco2)c1. The lowest BCUT2D eigenvalue weighted by molar-refractivity contribution is -0.129. The van der Waals surface area contributed by atoms with Crippen LogP contribution in [0.1, 0.15) is 23.0 Å². The number of rotatable bonds is 8. The Bertz CT molecular complexity index is 1230. The average molecular weight is 445 g/mol. The second kappa shape index (κ2) is 9.86. The molecule has 1 N–H and O–H groups in total. The summed E-state index contributed by atoms with van der Waals surface area (Å²) in [6, 6.07) is 20.1. The second-order valence-electron chi connectivity index (χ2n) is 7.25. The minimum atomic E-state index is -1.01. The molecule has 8 heteroatoms. The van der Waals surface area contributed by atoms with Gasteiger partial charge in [0.1, 0.15) is 22.8 Å². The minimum Gasteiger partial charge on any atom is -0.497 e. The molecule has 4 rings (SSSR count). The Morgan fingerprint density at radius 2 is 1.91 bits per heavy atom. The Balaban J connectivity index is 1.58. The van der Waals surface area contributed by atoms with Crippen LogP contribution in [0.2, 0.25) is 0 Å². The lowest BCUT2D eigenvalue weighted by atomic mass is 10.1. The largest absolute Gasteiger partial charge is 0.497 e. The fourth-order valence-corrected chi connectivity index (χ4v) is 3.23. The smallest absolute Gasteiger partial charge is 0.342 e. The van der Waals surface area contributed by atoms with E-state index in [0.717, 1.165) is 5.69 Å². The third-order valence-corrected chi connectivity index (χ3v) is 4.97. The molecule has 0 aliphatic heterocycles. The Labute approximate surface area is 190 Å². The highest BCUT2D eigenvalue weighted by atomic mass is 16.5. The Hall–Kier alpha value is -4.33. The summed E-state index contributed by atoms with van der Waals surface area (Å²) in [5.74, 6) is 0.145. The Morgan fingerprint density at radius 3 is 2.64 bits per heavy atom. The number of carbonyl (C=O) groups excluding carboxylic acids is 2. The van der Waals surface area contributed by atoms with Crippen molar-refractivity contribution in [2.75, 3.05) is 7.11 Å². The molecule has 8 nitrogen and oxygen atoms in total. The summed E-state index contributed by atoms with van der Waals surface area (Å²) < 4.78 is 17.6. The minimum absolute atomic E-state index is 0.203. The molecular formula is C25H23N3O5. The zero-order valence-electron chi connectivity index (χ0n) is 18.2. The molecule has 2 heterocycles. The van der Waals surface area contributed by atoms with Crippen molar-refractivity contribution in [3.05, 3.63) is 90.5 Å². The van der Waals surface area contributed by atoms with E-state index in [2.05, 4.69) is 10.4 Å². The maximum atomic E-state index is 13.1. The molecule has 0 radical (unpaired) electrons. The standard InChI is InChI=1S/C25H23N3O5/c1-17(24(29)26-15-21-12-7-13-32-21)33-25(30)22-16-28(19-9-4-3-5-10-19)27-23(22)18-8-6-11-20(14-18)31-2/h3-14,16-17H,15H2,1-2H3,(H,26,29)/t17-/m0/s1. The van der Waals surface area contributed by atoms with Gasteiger partial charge in [-0.15, -0.1) is 0 Å². The van der Waals surface area contributed by atoms with E-state index < -0.39 is 18.0 Å². The van der Waals surface area contributed by atoms with Crippen molar-refractivity contribution < 1.29 is 23.5 Å². The number of benzene rings is 2. The van der Waals surface area contributed by atoms with E-state index in [-0.39, 0.29) is 12.1 Å². The van der Waals surface area contributed by atoms with Gasteiger partial charge in [-0.2, -0.15) is 5.10 Å². The fraction of sp³-hybridized carbons (Fsp3) is 0.160. The number of ether oxygens (including phenoxy) is 2. The predicted molar refractivity (Wildman–Crippen MR) is 121 cm³/mol. The Morgan fingerprint density at radius 1 is 1.09 bits per heavy atom. The van der Waals surface area contributed by atoms with Crippen LogP contribution in [0.4, 0.5) is 0 Å². The van der Waals surface area contributed by atoms with Crippen molar-refractivity contribution in [3.63, 3.8) is 0 Å². The van der Waals surface area contributed by atoms with Gasteiger partial charge in [-0.25, -0.2) is 9.48 Å². The van der Waals surface area contributed by atoms with Gasteiger partial charge >= 0.3 is 5.97 Å². The number of aromatic nitrogens is 2. The quantitative estimate of drug-likeness (QED) is 0.412. The number of hydrogen-bond donors (Lipinski definition) is 1. The van der Waals surface area contributed by atoms with Gasteiger partial charge in [0.05, 0.1) is 25.6 Å². The van der Waals surface area contributed by atoms with Gasteiger partial charge in [-0.1, -0.05) is 30.3 Å². The van der Waals surface area contributed by atoms with Crippen molar-refractivity contribution in [2.45, 2.75) is 19.6 Å². The van der Waals surface area contributed by atoms with Crippen LogP contribution in [0.25, 0.3) is 16.9 Å². The van der Waals surface area contributed by atoms with Crippen molar-refractivity contribution in [1.82, 2.24) is 15.1 Å². The molecule has 1 atom stereocenters. The molecule has 4 aromatic rings. The van der Waals surface area contributed by atoms with E-state index in [4.69, 9.17) is 13.9 Å². The van der Waals surface area contributed by atoms with Gasteiger partial charge in [0.15, 0.2) is 6.10 Å². The molecule has 0 spiro atoms. The molecule has 0 saturated carbocycles. The first-order valence-corrected chi connectivity index (χ1v) is 10.4. The molecule has 2 aromatic carbocycles. The highest BCUT2D eigenvalue weighted by Crippen LogP contribution is 2.27. The molecule has 0 bridgehead atoms. The predicted octanol–water partition coefficient (Wildman–Crippen LogP) is 4.00. The van der Waals surface area contributed by atoms with E-state index in [1.165, 1.54) is 13.2 Å². The molecule has 0 fully saturated rings. The maximum absolute atomic E-state index is 13.1. The number of para-hydroxylation sites is 1. The third kappa shape index (κ3) is 5.12. The number of nitrogens with zero attached hydrogens (tertiary/aromatic N) is 2. The van der Waals surface area contributed by atoms with Gasteiger partial charge in [0, 0.05) is 11.8 Å². The van der Waals surface area contributed by atoms with Gasteiger partial charge < -0.3 is 19.2 Å². The number of hydrogen-bond acceptors (Lipinski definition) is 6. The van der Waals surface area contributed by atoms with E-state index in [1.807, 2.05) is 42.5 Å². The van der Waals surface area contributed by atoms with Crippen LogP contribution in [-0.2, 0) is 16.1 Å². The summed E-state index contributed by atoms with van der Waals surface area (Å²) in [7, 11) is 1.57. The molecule has 168 valence electrons. The van der Waals surface area contributed by atoms with Crippen LogP contribution in [0.5, 0.6) is 5.75 Å². The van der Waals surface area contributed by atoms with Crippen LogP contribution in [0, 0.1) is 0 Å². The maximum Gasteiger partial charge on any atom is 0.342 e. The van der Waals surface area contributed by atoms with Crippen LogP contribution in [-0.4, -0.2) is 34.9 Å². The summed E-state index contributed by atoms with van der Waals surface area (Å²) >= 11 is 0. The van der Waals surface area contributed by atoms with Gasteiger partial charge in [-0.3, -0.25) is 4.79 Å². The molecule has 0 saturated heterocycles. The molecule has 2 aromatic heterocycles. The van der Waals surface area contributed by atoms with Crippen molar-refractivity contribution in [3.8, 4) is 22.7 Å². The van der Waals surface area contributed by atoms with E-state index in [9.17, 15) is 9.59 Å². The topological polar surface area (TPSA) is 95.6 Å². The summed E-state index contributed by atoms with van der Waals surface area (Å²) in [5.41, 5.74) is 2.12. The normalized spacial score (nSPS) is 11.6. The number of amides is 1. The number of carbonyl (C=O) groups is 2. The van der Waals surface area contributed by atoms with Gasteiger partial charge in [0.2, 0.25) is 0 Å². The lowest BCUT2D eigenvalue weighted by Crippen LogP contribution is -2.35. The number of nitrogens with one attached hydrogen (secondary N) is 1. The highest BCUT2D eigenvalue weighted by Gasteiger charge is 2.24. The number of esters is 1. The van der Waals surface area contributed by atoms with Crippen molar-refractivity contribution >= 4 is 11.9 Å². The van der Waals surface area contributed by atoms with Crippen LogP contribution < -0.4 is 10.1 Å². The molecular weight excluding hydrogens is 422 g/mol. The number of furan rings is 1. The van der Waals surface area contributed by atoms with E-state index >= 15 is 0 Å². The van der Waals surface area contributed by atoms with E-state index in [1.54, 1.807) is 42.3 Å². The Kier molecular flexibility index (Phi) is 6.54. The summed E-state index contributed by atoms with van der Waals surface area (Å²) in [6.45, 7) is 1.72. The fourth-order valence-electron chi connectivity index (χ4n) is 3.23. The van der Waals surface area contributed by atoms with Gasteiger partial charge in [-0.05, 0) is 43.3 Å². The molecule has 0 aliphatic rings. The first-order chi connectivity index (χ1) is 16.0.